The summed E-state index contributed by atoms with van der Waals surface area (Å²) in [7, 11) is 0. The first-order valence-corrected chi connectivity index (χ1v) is 19.0. The van der Waals surface area contributed by atoms with Gasteiger partial charge in [0, 0.05) is 58.7 Å². The average molecular weight is 696 g/mol. The average Bonchev–Trinajstić information content (AvgIpc) is 3.82. The van der Waals surface area contributed by atoms with Crippen molar-refractivity contribution in [3.05, 3.63) is 175 Å². The normalized spacial score (nSPS) is 13.2. The summed E-state index contributed by atoms with van der Waals surface area (Å²) in [4.78, 5) is 10.2. The van der Waals surface area contributed by atoms with E-state index in [0.717, 1.165) is 33.8 Å². The Morgan fingerprint density at radius 1 is 0.491 bits per heavy atom. The van der Waals surface area contributed by atoms with Crippen LogP contribution in [0.15, 0.2) is 164 Å². The zero-order valence-electron chi connectivity index (χ0n) is 29.3. The minimum Gasteiger partial charge on any atom is -0.309 e. The van der Waals surface area contributed by atoms with Crippen LogP contribution in [0.1, 0.15) is 25.0 Å². The molecule has 0 atom stereocenters. The highest BCUT2D eigenvalue weighted by Crippen LogP contribution is 2.54. The molecule has 0 amide bonds. The van der Waals surface area contributed by atoms with Gasteiger partial charge in [-0.25, -0.2) is 9.97 Å². The van der Waals surface area contributed by atoms with Gasteiger partial charge in [0.15, 0.2) is 5.82 Å². The molecular weight excluding hydrogens is 663 g/mol. The number of thiophene rings is 1. The molecule has 1 aliphatic carbocycles. The van der Waals surface area contributed by atoms with Crippen molar-refractivity contribution in [2.45, 2.75) is 19.3 Å². The number of rotatable bonds is 4. The Bertz CT molecular complexity index is 3000. The SMILES string of the molecule is CC1(C)c2ccccc2-c2c1ccc1sc3cc4c(cc3c21)c1ccccc1n4-c1ccc(-c2nc(-c3ccccc3)cc(-c3ccccc3)n2)cc1. The second-order valence-corrected chi connectivity index (χ2v) is 15.7. The van der Waals surface area contributed by atoms with Gasteiger partial charge < -0.3 is 4.57 Å². The minimum absolute atomic E-state index is 0.0301. The standard InChI is InChI=1S/C49H33N3S/c1-49(2)38-19-11-9-18-35(38)46-39(49)25-26-44-47(46)37-27-36-34-17-10-12-20-42(34)52(43(36)29-45(37)53-44)33-23-21-32(22-24-33)48-50-40(30-13-5-3-6-14-30)28-41(51-48)31-15-7-4-8-16-31/h3-29H,1-2H3. The molecule has 11 rings (SSSR count). The highest BCUT2D eigenvalue weighted by atomic mass is 32.1. The van der Waals surface area contributed by atoms with Crippen LogP contribution in [0.3, 0.4) is 0 Å². The lowest BCUT2D eigenvalue weighted by atomic mass is 9.82. The minimum atomic E-state index is -0.0301. The van der Waals surface area contributed by atoms with E-state index < -0.39 is 0 Å². The summed E-state index contributed by atoms with van der Waals surface area (Å²) >= 11 is 1.90. The molecule has 0 saturated heterocycles. The molecule has 0 aliphatic heterocycles. The predicted molar refractivity (Wildman–Crippen MR) is 223 cm³/mol. The van der Waals surface area contributed by atoms with Gasteiger partial charge >= 0.3 is 0 Å². The molecule has 3 nitrogen and oxygen atoms in total. The lowest BCUT2D eigenvalue weighted by Crippen LogP contribution is -2.14. The molecule has 0 unspecified atom stereocenters. The van der Waals surface area contributed by atoms with E-state index in [1.807, 2.05) is 23.5 Å². The number of fused-ring (bicyclic) bond motifs is 10. The first-order chi connectivity index (χ1) is 26.0. The fraction of sp³-hybridized carbons (Fsp3) is 0.0612. The second kappa shape index (κ2) is 11.3. The van der Waals surface area contributed by atoms with Crippen LogP contribution >= 0.6 is 11.3 Å². The highest BCUT2D eigenvalue weighted by Gasteiger charge is 2.36. The lowest BCUT2D eigenvalue weighted by molar-refractivity contribution is 0.661. The van der Waals surface area contributed by atoms with Gasteiger partial charge in [0.2, 0.25) is 0 Å². The molecule has 0 spiro atoms. The molecule has 7 aromatic carbocycles. The van der Waals surface area contributed by atoms with Gasteiger partial charge in [0.25, 0.3) is 0 Å². The number of para-hydroxylation sites is 1. The Labute approximate surface area is 311 Å². The molecular formula is C49H33N3S. The molecule has 0 fully saturated rings. The van der Waals surface area contributed by atoms with Gasteiger partial charge in [-0.15, -0.1) is 11.3 Å². The Morgan fingerprint density at radius 3 is 1.89 bits per heavy atom. The summed E-state index contributed by atoms with van der Waals surface area (Å²) in [6.45, 7) is 4.73. The number of aromatic nitrogens is 3. The molecule has 3 aromatic heterocycles. The zero-order chi connectivity index (χ0) is 35.3. The Kier molecular flexibility index (Phi) is 6.47. The topological polar surface area (TPSA) is 30.7 Å². The molecule has 1 aliphatic rings. The van der Waals surface area contributed by atoms with Crippen molar-refractivity contribution in [1.82, 2.24) is 14.5 Å². The van der Waals surface area contributed by atoms with Crippen LogP contribution in [0.5, 0.6) is 0 Å². The highest BCUT2D eigenvalue weighted by molar-refractivity contribution is 7.26. The number of hydrogen-bond acceptors (Lipinski definition) is 3. The van der Waals surface area contributed by atoms with Gasteiger partial charge in [-0.1, -0.05) is 123 Å². The molecule has 0 saturated carbocycles. The van der Waals surface area contributed by atoms with Crippen molar-refractivity contribution in [3.63, 3.8) is 0 Å². The van der Waals surface area contributed by atoms with Gasteiger partial charge in [-0.05, 0) is 76.9 Å². The number of hydrogen-bond donors (Lipinski definition) is 0. The van der Waals surface area contributed by atoms with E-state index in [4.69, 9.17) is 9.97 Å². The largest absolute Gasteiger partial charge is 0.309 e. The van der Waals surface area contributed by atoms with Crippen LogP contribution in [0.25, 0.3) is 92.7 Å². The molecule has 0 radical (unpaired) electrons. The first-order valence-electron chi connectivity index (χ1n) is 18.2. The molecule has 0 bridgehead atoms. The number of benzene rings is 7. The van der Waals surface area contributed by atoms with Crippen LogP contribution < -0.4 is 0 Å². The summed E-state index contributed by atoms with van der Waals surface area (Å²) in [6, 6.07) is 58.9. The van der Waals surface area contributed by atoms with Crippen molar-refractivity contribution < 1.29 is 0 Å². The Morgan fingerprint density at radius 2 is 1.15 bits per heavy atom. The van der Waals surface area contributed by atoms with Crippen LogP contribution in [0, 0.1) is 0 Å². The van der Waals surface area contributed by atoms with Crippen molar-refractivity contribution in [2.75, 3.05) is 0 Å². The smallest absolute Gasteiger partial charge is 0.160 e. The van der Waals surface area contributed by atoms with Gasteiger partial charge in [-0.2, -0.15) is 0 Å². The van der Waals surface area contributed by atoms with E-state index in [9.17, 15) is 0 Å². The van der Waals surface area contributed by atoms with Gasteiger partial charge in [0.05, 0.1) is 22.4 Å². The van der Waals surface area contributed by atoms with E-state index in [2.05, 4.69) is 170 Å². The zero-order valence-corrected chi connectivity index (χ0v) is 30.2. The second-order valence-electron chi connectivity index (χ2n) is 14.6. The summed E-state index contributed by atoms with van der Waals surface area (Å²) in [5.41, 5.74) is 14.0. The molecule has 53 heavy (non-hydrogen) atoms. The molecule has 0 N–H and O–H groups in total. The van der Waals surface area contributed by atoms with E-state index in [1.54, 1.807) is 0 Å². The predicted octanol–water partition coefficient (Wildman–Crippen LogP) is 13.2. The van der Waals surface area contributed by atoms with Gasteiger partial charge in [-0.3, -0.25) is 0 Å². The van der Waals surface area contributed by atoms with Crippen molar-refractivity contribution >= 4 is 53.3 Å². The maximum absolute atomic E-state index is 5.08. The first kappa shape index (κ1) is 30.3. The quantitative estimate of drug-likeness (QED) is 0.183. The summed E-state index contributed by atoms with van der Waals surface area (Å²) in [5.74, 6) is 0.711. The van der Waals surface area contributed by atoms with Crippen LogP contribution in [-0.2, 0) is 5.41 Å². The Balaban J connectivity index is 1.08. The fourth-order valence-corrected chi connectivity index (χ4v) is 9.78. The Hall–Kier alpha value is -6.36. The summed E-state index contributed by atoms with van der Waals surface area (Å²) in [5, 5.41) is 5.25. The van der Waals surface area contributed by atoms with Gasteiger partial charge in [0.1, 0.15) is 0 Å². The van der Waals surface area contributed by atoms with Crippen molar-refractivity contribution in [3.8, 4) is 50.7 Å². The van der Waals surface area contributed by atoms with Crippen LogP contribution in [0.4, 0.5) is 0 Å². The molecule has 3 heterocycles. The third kappa shape index (κ3) is 4.52. The monoisotopic (exact) mass is 695 g/mol. The number of nitrogens with zero attached hydrogens (tertiary/aromatic N) is 3. The van der Waals surface area contributed by atoms with E-state index >= 15 is 0 Å². The van der Waals surface area contributed by atoms with Crippen molar-refractivity contribution in [2.24, 2.45) is 0 Å². The molecule has 250 valence electrons. The summed E-state index contributed by atoms with van der Waals surface area (Å²) < 4.78 is 5.06. The maximum atomic E-state index is 5.08. The van der Waals surface area contributed by atoms with E-state index in [0.29, 0.717) is 5.82 Å². The third-order valence-electron chi connectivity index (χ3n) is 11.2. The van der Waals surface area contributed by atoms with E-state index in [1.165, 1.54) is 64.2 Å². The third-order valence-corrected chi connectivity index (χ3v) is 12.3. The lowest BCUT2D eigenvalue weighted by Gasteiger charge is -2.21. The molecule has 10 aromatic rings. The van der Waals surface area contributed by atoms with Crippen LogP contribution in [0.2, 0.25) is 0 Å². The summed E-state index contributed by atoms with van der Waals surface area (Å²) in [6.07, 6.45) is 0. The van der Waals surface area contributed by atoms with E-state index in [-0.39, 0.29) is 5.41 Å². The fourth-order valence-electron chi connectivity index (χ4n) is 8.65. The van der Waals surface area contributed by atoms with Crippen LogP contribution in [-0.4, -0.2) is 14.5 Å². The van der Waals surface area contributed by atoms with Crippen molar-refractivity contribution in [1.29, 1.82) is 0 Å². The molecule has 4 heteroatoms. The maximum Gasteiger partial charge on any atom is 0.160 e.